The van der Waals surface area contributed by atoms with Gasteiger partial charge in [-0.1, -0.05) is 13.8 Å². The lowest BCUT2D eigenvalue weighted by molar-refractivity contribution is -0.104. The Hall–Kier alpha value is -2.51. The van der Waals surface area contributed by atoms with Crippen LogP contribution in [0.3, 0.4) is 0 Å². The van der Waals surface area contributed by atoms with Crippen molar-refractivity contribution in [2.24, 2.45) is 11.7 Å². The summed E-state index contributed by atoms with van der Waals surface area (Å²) in [4.78, 5) is 11.6. The van der Waals surface area contributed by atoms with E-state index in [0.29, 0.717) is 30.1 Å². The van der Waals surface area contributed by atoms with Crippen molar-refractivity contribution in [3.8, 4) is 0 Å². The number of nitrogens with zero attached hydrogens (tertiary/aromatic N) is 3. The van der Waals surface area contributed by atoms with Crippen molar-refractivity contribution in [3.63, 3.8) is 0 Å². The van der Waals surface area contributed by atoms with Gasteiger partial charge in [-0.25, -0.2) is 4.98 Å². The molecule has 0 bridgehead atoms. The molecule has 2 aromatic rings. The lowest BCUT2D eigenvalue weighted by Gasteiger charge is -2.36. The van der Waals surface area contributed by atoms with Crippen molar-refractivity contribution in [2.75, 3.05) is 24.7 Å². The minimum absolute atomic E-state index is 0.00921. The van der Waals surface area contributed by atoms with Gasteiger partial charge in [0.25, 0.3) is 0 Å². The van der Waals surface area contributed by atoms with E-state index in [-0.39, 0.29) is 12.0 Å². The molecule has 0 radical (unpaired) electrons. The van der Waals surface area contributed by atoms with Gasteiger partial charge in [-0.05, 0) is 37.5 Å². The van der Waals surface area contributed by atoms with Crippen LogP contribution in [0.15, 0.2) is 24.4 Å². The van der Waals surface area contributed by atoms with Crippen molar-refractivity contribution in [1.29, 1.82) is 0 Å². The van der Waals surface area contributed by atoms with Crippen LogP contribution in [0.2, 0.25) is 0 Å². The van der Waals surface area contributed by atoms with Gasteiger partial charge < -0.3 is 20.5 Å². The highest BCUT2D eigenvalue weighted by atomic mass is 16.5. The maximum absolute atomic E-state index is 11.3. The predicted octanol–water partition coefficient (Wildman–Crippen LogP) is 0.848. The number of aromatic nitrogens is 2. The van der Waals surface area contributed by atoms with E-state index in [0.717, 1.165) is 23.3 Å². The fourth-order valence-corrected chi connectivity index (χ4v) is 3.48. The number of fused-ring (bicyclic) bond motifs is 1. The number of anilines is 1. The molecule has 0 amide bonds. The number of rotatable bonds is 5. The third-order valence-corrected chi connectivity index (χ3v) is 5.59. The summed E-state index contributed by atoms with van der Waals surface area (Å²) in [5, 5.41) is 17.7. The zero-order chi connectivity index (χ0) is 20.5. The van der Waals surface area contributed by atoms with Gasteiger partial charge in [0.2, 0.25) is 0 Å². The molecule has 1 aliphatic heterocycles. The fraction of sp³-hybridized carbons (Fsp3) is 0.476. The minimum Gasteiger partial charge on any atom is -0.397 e. The quantitative estimate of drug-likeness (QED) is 0.659. The Morgan fingerprint density at radius 1 is 1.50 bits per heavy atom. The molecular formula is C21H30N5O2+. The van der Waals surface area contributed by atoms with Crippen molar-refractivity contribution < 1.29 is 15.3 Å². The Morgan fingerprint density at radius 3 is 2.89 bits per heavy atom. The third kappa shape index (κ3) is 3.59. The molecule has 3 rings (SSSR count). The first kappa shape index (κ1) is 20.2. The summed E-state index contributed by atoms with van der Waals surface area (Å²) in [6.07, 6.45) is 4.68. The number of hydrogen-bond acceptors (Lipinski definition) is 6. The maximum atomic E-state index is 11.3. The van der Waals surface area contributed by atoms with E-state index in [9.17, 15) is 5.11 Å². The smallest absolute Gasteiger partial charge is 0.162 e. The molecule has 7 heteroatoms. The van der Waals surface area contributed by atoms with Crippen LogP contribution in [0.1, 0.15) is 39.0 Å². The molecule has 0 spiro atoms. The summed E-state index contributed by atoms with van der Waals surface area (Å²) in [5.74, 6) is 0.799. The molecule has 2 unspecified atom stereocenters. The Kier molecular flexibility index (Phi) is 5.67. The second-order valence-electron chi connectivity index (χ2n) is 7.82. The van der Waals surface area contributed by atoms with Crippen molar-refractivity contribution >= 4 is 28.6 Å². The highest BCUT2D eigenvalue weighted by Gasteiger charge is 2.32. The molecule has 0 aliphatic carbocycles. The van der Waals surface area contributed by atoms with Gasteiger partial charge >= 0.3 is 0 Å². The number of ether oxygens (including phenoxy) is 1. The van der Waals surface area contributed by atoms with Crippen molar-refractivity contribution in [3.05, 3.63) is 35.7 Å². The number of allylic oxidation sites excluding steroid dienone is 1. The van der Waals surface area contributed by atoms with Gasteiger partial charge in [-0.2, -0.15) is 0 Å². The largest absolute Gasteiger partial charge is 0.397 e. The van der Waals surface area contributed by atoms with E-state index in [2.05, 4.69) is 16.8 Å². The molecule has 5 N–H and O–H groups in total. The Bertz CT molecular complexity index is 907. The Labute approximate surface area is 165 Å². The van der Waals surface area contributed by atoms with Crippen LogP contribution >= 0.6 is 0 Å². The SMILES string of the molecule is CC1COCCN1c1cc(C(C)(O)C(C)C)c2ccnc(C(N)=CC=[NH2+])c2n1. The van der Waals surface area contributed by atoms with Crippen molar-refractivity contribution in [1.82, 2.24) is 9.97 Å². The number of nitrogens with two attached hydrogens (primary N) is 2. The van der Waals surface area contributed by atoms with Crippen LogP contribution < -0.4 is 16.0 Å². The highest BCUT2D eigenvalue weighted by Crippen LogP contribution is 2.37. The van der Waals surface area contributed by atoms with Gasteiger partial charge in [0, 0.05) is 24.2 Å². The van der Waals surface area contributed by atoms with Crippen LogP contribution in [-0.4, -0.2) is 47.1 Å². The van der Waals surface area contributed by atoms with Crippen LogP contribution in [0, 0.1) is 5.92 Å². The summed E-state index contributed by atoms with van der Waals surface area (Å²) < 4.78 is 5.57. The van der Waals surface area contributed by atoms with Crippen LogP contribution in [0.4, 0.5) is 5.82 Å². The Morgan fingerprint density at radius 2 is 2.25 bits per heavy atom. The topological polar surface area (TPSA) is 110 Å². The first-order valence-electron chi connectivity index (χ1n) is 9.65. The van der Waals surface area contributed by atoms with E-state index in [1.807, 2.05) is 32.9 Å². The maximum Gasteiger partial charge on any atom is 0.162 e. The van der Waals surface area contributed by atoms with Crippen LogP contribution in [-0.2, 0) is 10.3 Å². The van der Waals surface area contributed by atoms with Crippen molar-refractivity contribution in [2.45, 2.75) is 39.3 Å². The molecular weight excluding hydrogens is 354 g/mol. The summed E-state index contributed by atoms with van der Waals surface area (Å²) in [6, 6.07) is 4.05. The average Bonchev–Trinajstić information content (AvgIpc) is 2.67. The lowest BCUT2D eigenvalue weighted by Crippen LogP contribution is -2.44. The number of pyridine rings is 2. The standard InChI is InChI=1S/C21H29N5O2/c1-13(2)21(4,27)16-11-18(26-9-10-28-12-14(26)3)25-19-15(16)6-8-24-20(19)17(23)5-7-22/h5-8,11,13-14,22,27H,9-10,12,23H2,1-4H3/p+1. The molecule has 28 heavy (non-hydrogen) atoms. The number of hydrogen-bond donors (Lipinski definition) is 3. The second kappa shape index (κ2) is 7.85. The molecule has 0 aromatic carbocycles. The van der Waals surface area contributed by atoms with Gasteiger partial charge in [-0.15, -0.1) is 0 Å². The fourth-order valence-electron chi connectivity index (χ4n) is 3.48. The first-order valence-corrected chi connectivity index (χ1v) is 9.65. The zero-order valence-corrected chi connectivity index (χ0v) is 17.0. The third-order valence-electron chi connectivity index (χ3n) is 5.59. The Balaban J connectivity index is 2.32. The predicted molar refractivity (Wildman–Crippen MR) is 112 cm³/mol. The summed E-state index contributed by atoms with van der Waals surface area (Å²) in [7, 11) is 0. The van der Waals surface area contributed by atoms with Gasteiger partial charge in [0.15, 0.2) is 6.21 Å². The van der Waals surface area contributed by atoms with E-state index in [1.165, 1.54) is 6.21 Å². The molecule has 150 valence electrons. The monoisotopic (exact) mass is 384 g/mol. The first-order chi connectivity index (χ1) is 13.3. The number of morpholine rings is 1. The zero-order valence-electron chi connectivity index (χ0n) is 17.0. The van der Waals surface area contributed by atoms with Gasteiger partial charge in [0.05, 0.1) is 30.6 Å². The molecule has 7 nitrogen and oxygen atoms in total. The molecule has 1 saturated heterocycles. The highest BCUT2D eigenvalue weighted by molar-refractivity contribution is 5.94. The van der Waals surface area contributed by atoms with Gasteiger partial charge in [-0.3, -0.25) is 10.4 Å². The summed E-state index contributed by atoms with van der Waals surface area (Å²) in [6.45, 7) is 9.97. The van der Waals surface area contributed by atoms with Crippen LogP contribution in [0.25, 0.3) is 16.6 Å². The molecule has 3 heterocycles. The molecule has 1 aliphatic rings. The van der Waals surface area contributed by atoms with E-state index < -0.39 is 5.60 Å². The van der Waals surface area contributed by atoms with Crippen LogP contribution in [0.5, 0.6) is 0 Å². The summed E-state index contributed by atoms with van der Waals surface area (Å²) >= 11 is 0. The summed E-state index contributed by atoms with van der Waals surface area (Å²) in [5.41, 5.74) is 7.62. The lowest BCUT2D eigenvalue weighted by atomic mass is 9.83. The normalized spacial score (nSPS) is 20.4. The molecule has 0 saturated carbocycles. The number of aliphatic hydroxyl groups is 1. The second-order valence-corrected chi connectivity index (χ2v) is 7.82. The van der Waals surface area contributed by atoms with E-state index in [4.69, 9.17) is 20.9 Å². The minimum atomic E-state index is -1.04. The van der Waals surface area contributed by atoms with E-state index >= 15 is 0 Å². The van der Waals surface area contributed by atoms with Gasteiger partial charge in [0.1, 0.15) is 17.0 Å². The molecule has 1 fully saturated rings. The van der Waals surface area contributed by atoms with E-state index in [1.54, 1.807) is 12.3 Å². The average molecular weight is 385 g/mol. The molecule has 2 atom stereocenters. The molecule has 2 aromatic heterocycles.